The van der Waals surface area contributed by atoms with Crippen LogP contribution in [0.1, 0.15) is 0 Å². The molecular formula is C11H8ClFN2O. The van der Waals surface area contributed by atoms with Gasteiger partial charge >= 0.3 is 0 Å². The van der Waals surface area contributed by atoms with Gasteiger partial charge in [-0.25, -0.2) is 14.4 Å². The first-order valence-corrected chi connectivity index (χ1v) is 4.91. The normalized spacial score (nSPS) is 10.2. The molecule has 3 nitrogen and oxygen atoms in total. The summed E-state index contributed by atoms with van der Waals surface area (Å²) >= 11 is 5.67. The number of aromatic nitrogens is 2. The summed E-state index contributed by atoms with van der Waals surface area (Å²) in [6, 6.07) is 6.26. The Morgan fingerprint density at radius 2 is 2.12 bits per heavy atom. The Morgan fingerprint density at radius 3 is 2.81 bits per heavy atom. The molecule has 1 heterocycles. The second-order valence-corrected chi connectivity index (χ2v) is 3.37. The summed E-state index contributed by atoms with van der Waals surface area (Å²) in [5.74, 6) is -0.285. The molecule has 5 heteroatoms. The van der Waals surface area contributed by atoms with Gasteiger partial charge in [0.2, 0.25) is 5.28 Å². The Hall–Kier alpha value is -1.68. The lowest BCUT2D eigenvalue weighted by Gasteiger charge is -2.08. The van der Waals surface area contributed by atoms with Gasteiger partial charge in [-0.1, -0.05) is 6.07 Å². The van der Waals surface area contributed by atoms with Gasteiger partial charge in [-0.3, -0.25) is 0 Å². The van der Waals surface area contributed by atoms with E-state index in [9.17, 15) is 4.39 Å². The second-order valence-electron chi connectivity index (χ2n) is 3.03. The Kier molecular flexibility index (Phi) is 3.01. The lowest BCUT2D eigenvalue weighted by Crippen LogP contribution is -1.94. The summed E-state index contributed by atoms with van der Waals surface area (Å²) in [5, 5.41) is 0.115. The summed E-state index contributed by atoms with van der Waals surface area (Å²) < 4.78 is 18.4. The summed E-state index contributed by atoms with van der Waals surface area (Å²) in [4.78, 5) is 7.76. The third kappa shape index (κ3) is 1.97. The van der Waals surface area contributed by atoms with Crippen LogP contribution in [0.25, 0.3) is 11.3 Å². The van der Waals surface area contributed by atoms with Crippen molar-refractivity contribution < 1.29 is 9.13 Å². The predicted octanol–water partition coefficient (Wildman–Crippen LogP) is 2.94. The van der Waals surface area contributed by atoms with Gasteiger partial charge in [0.1, 0.15) is 0 Å². The van der Waals surface area contributed by atoms with Crippen LogP contribution in [0.2, 0.25) is 5.28 Å². The first-order valence-electron chi connectivity index (χ1n) is 4.54. The highest BCUT2D eigenvalue weighted by molar-refractivity contribution is 6.28. The molecule has 0 aliphatic heterocycles. The molecule has 0 fully saturated rings. The van der Waals surface area contributed by atoms with Gasteiger partial charge in [0.25, 0.3) is 0 Å². The minimum atomic E-state index is -0.435. The minimum absolute atomic E-state index is 0.115. The average molecular weight is 239 g/mol. The van der Waals surface area contributed by atoms with E-state index in [2.05, 4.69) is 9.97 Å². The molecule has 0 unspecified atom stereocenters. The summed E-state index contributed by atoms with van der Waals surface area (Å²) in [6.07, 6.45) is 1.51. The van der Waals surface area contributed by atoms with E-state index in [1.807, 2.05) is 0 Å². The van der Waals surface area contributed by atoms with E-state index < -0.39 is 5.82 Å². The van der Waals surface area contributed by atoms with Gasteiger partial charge in [0, 0.05) is 11.8 Å². The van der Waals surface area contributed by atoms with Crippen molar-refractivity contribution in [3.63, 3.8) is 0 Å². The van der Waals surface area contributed by atoms with E-state index in [-0.39, 0.29) is 11.0 Å². The van der Waals surface area contributed by atoms with Crippen LogP contribution in [0.4, 0.5) is 4.39 Å². The standard InChI is InChI=1S/C11H8ClFN2O/c1-16-10-7(3-2-4-8(10)13)9-5-6-14-11(12)15-9/h2-6H,1H3. The van der Waals surface area contributed by atoms with Crippen LogP contribution in [-0.4, -0.2) is 17.1 Å². The summed E-state index contributed by atoms with van der Waals surface area (Å²) in [6.45, 7) is 0. The van der Waals surface area contributed by atoms with Crippen molar-refractivity contribution in [3.8, 4) is 17.0 Å². The Balaban J connectivity index is 2.60. The quantitative estimate of drug-likeness (QED) is 0.755. The maximum absolute atomic E-state index is 13.4. The Labute approximate surface area is 96.9 Å². The van der Waals surface area contributed by atoms with Crippen molar-refractivity contribution in [2.75, 3.05) is 7.11 Å². The molecule has 0 saturated heterocycles. The molecule has 16 heavy (non-hydrogen) atoms. The van der Waals surface area contributed by atoms with Gasteiger partial charge in [0.15, 0.2) is 11.6 Å². The zero-order valence-electron chi connectivity index (χ0n) is 8.45. The molecular weight excluding hydrogens is 231 g/mol. The van der Waals surface area contributed by atoms with Gasteiger partial charge in [0.05, 0.1) is 12.8 Å². The maximum Gasteiger partial charge on any atom is 0.222 e. The summed E-state index contributed by atoms with van der Waals surface area (Å²) in [5.41, 5.74) is 1.07. The lowest BCUT2D eigenvalue weighted by atomic mass is 10.1. The van der Waals surface area contributed by atoms with Gasteiger partial charge < -0.3 is 4.74 Å². The van der Waals surface area contributed by atoms with Crippen molar-refractivity contribution in [3.05, 3.63) is 41.6 Å². The summed E-state index contributed by atoms with van der Waals surface area (Å²) in [7, 11) is 1.41. The van der Waals surface area contributed by atoms with Crippen LogP contribution in [0.3, 0.4) is 0 Å². The maximum atomic E-state index is 13.4. The number of methoxy groups -OCH3 is 1. The first-order chi connectivity index (χ1) is 7.72. The number of hydrogen-bond acceptors (Lipinski definition) is 3. The molecule has 1 aromatic heterocycles. The molecule has 0 aliphatic carbocycles. The largest absolute Gasteiger partial charge is 0.493 e. The van der Waals surface area contributed by atoms with E-state index in [0.717, 1.165) is 0 Å². The van der Waals surface area contributed by atoms with Crippen molar-refractivity contribution in [1.82, 2.24) is 9.97 Å². The molecule has 2 rings (SSSR count). The van der Waals surface area contributed by atoms with Crippen molar-refractivity contribution in [2.24, 2.45) is 0 Å². The number of rotatable bonds is 2. The number of para-hydroxylation sites is 1. The Morgan fingerprint density at radius 1 is 1.31 bits per heavy atom. The van der Waals surface area contributed by atoms with E-state index in [1.54, 1.807) is 18.2 Å². The van der Waals surface area contributed by atoms with Gasteiger partial charge in [-0.15, -0.1) is 0 Å². The van der Waals surface area contributed by atoms with E-state index in [0.29, 0.717) is 11.3 Å². The van der Waals surface area contributed by atoms with Gasteiger partial charge in [-0.05, 0) is 29.8 Å². The third-order valence-electron chi connectivity index (χ3n) is 2.07. The predicted molar refractivity (Wildman–Crippen MR) is 59.0 cm³/mol. The lowest BCUT2D eigenvalue weighted by molar-refractivity contribution is 0.388. The fourth-order valence-corrected chi connectivity index (χ4v) is 1.55. The molecule has 2 aromatic rings. The highest BCUT2D eigenvalue weighted by Gasteiger charge is 2.11. The zero-order valence-corrected chi connectivity index (χ0v) is 9.20. The van der Waals surface area contributed by atoms with E-state index in [4.69, 9.17) is 16.3 Å². The highest BCUT2D eigenvalue weighted by atomic mass is 35.5. The van der Waals surface area contributed by atoms with Crippen LogP contribution in [0.15, 0.2) is 30.5 Å². The molecule has 0 atom stereocenters. The van der Waals surface area contributed by atoms with Crippen molar-refractivity contribution in [1.29, 1.82) is 0 Å². The Bertz CT molecular complexity index is 519. The number of benzene rings is 1. The fraction of sp³-hybridized carbons (Fsp3) is 0.0909. The fourth-order valence-electron chi connectivity index (χ4n) is 1.40. The van der Waals surface area contributed by atoms with Crippen LogP contribution in [-0.2, 0) is 0 Å². The number of halogens is 2. The molecule has 0 spiro atoms. The van der Waals surface area contributed by atoms with Crippen molar-refractivity contribution in [2.45, 2.75) is 0 Å². The van der Waals surface area contributed by atoms with Crippen LogP contribution in [0.5, 0.6) is 5.75 Å². The molecule has 82 valence electrons. The van der Waals surface area contributed by atoms with Crippen LogP contribution < -0.4 is 4.74 Å². The van der Waals surface area contributed by atoms with E-state index >= 15 is 0 Å². The molecule has 0 radical (unpaired) electrons. The minimum Gasteiger partial charge on any atom is -0.493 e. The molecule has 0 bridgehead atoms. The molecule has 0 aliphatic rings. The van der Waals surface area contributed by atoms with Gasteiger partial charge in [-0.2, -0.15) is 0 Å². The molecule has 0 N–H and O–H groups in total. The number of nitrogens with zero attached hydrogens (tertiary/aromatic N) is 2. The monoisotopic (exact) mass is 238 g/mol. The SMILES string of the molecule is COc1c(F)cccc1-c1ccnc(Cl)n1. The van der Waals surface area contributed by atoms with E-state index in [1.165, 1.54) is 19.4 Å². The first kappa shape index (κ1) is 10.8. The van der Waals surface area contributed by atoms with Crippen LogP contribution >= 0.6 is 11.6 Å². The molecule has 0 amide bonds. The number of hydrogen-bond donors (Lipinski definition) is 0. The average Bonchev–Trinajstić information content (AvgIpc) is 2.28. The molecule has 0 saturated carbocycles. The molecule has 1 aromatic carbocycles. The van der Waals surface area contributed by atoms with Crippen LogP contribution in [0, 0.1) is 5.82 Å². The third-order valence-corrected chi connectivity index (χ3v) is 2.26. The van der Waals surface area contributed by atoms with Crippen molar-refractivity contribution >= 4 is 11.6 Å². The zero-order chi connectivity index (χ0) is 11.5. The smallest absolute Gasteiger partial charge is 0.222 e. The second kappa shape index (κ2) is 4.45. The topological polar surface area (TPSA) is 35.0 Å². The highest BCUT2D eigenvalue weighted by Crippen LogP contribution is 2.30. The number of ether oxygens (including phenoxy) is 1.